The van der Waals surface area contributed by atoms with Gasteiger partial charge < -0.3 is 5.11 Å². The quantitative estimate of drug-likeness (QED) is 0.517. The van der Waals surface area contributed by atoms with Crippen molar-refractivity contribution in [1.29, 1.82) is 0 Å². The van der Waals surface area contributed by atoms with Gasteiger partial charge in [-0.15, -0.1) is 5.75 Å². The van der Waals surface area contributed by atoms with Crippen LogP contribution in [0.1, 0.15) is 0 Å². The first-order chi connectivity index (χ1) is 4.39. The maximum absolute atomic E-state index is 10.3. The van der Waals surface area contributed by atoms with Gasteiger partial charge in [0.1, 0.15) is 0 Å². The zero-order valence-electron chi connectivity index (χ0n) is 4.86. The first kappa shape index (κ1) is 8.41. The Hall–Kier alpha value is -0.591. The Morgan fingerprint density at radius 2 is 1.56 bits per heavy atom. The molecular formula is C7H7FeO. The molecule has 0 N–H and O–H groups in total. The van der Waals surface area contributed by atoms with Crippen molar-refractivity contribution in [3.8, 4) is 5.75 Å². The fourth-order valence-corrected chi connectivity index (χ4v) is 0.420. The molecule has 0 aliphatic heterocycles. The van der Waals surface area contributed by atoms with E-state index in [4.69, 9.17) is 0 Å². The van der Waals surface area contributed by atoms with E-state index < -0.39 is 0 Å². The third-order valence-corrected chi connectivity index (χ3v) is 0.743. The molecule has 1 rings (SSSR count). The fraction of sp³-hybridized carbons (Fsp3) is 0. The van der Waals surface area contributed by atoms with E-state index in [0.717, 1.165) is 0 Å². The van der Waals surface area contributed by atoms with Crippen LogP contribution in [-0.2, 0) is 15.6 Å². The number of hydrogen-bond acceptors (Lipinski definition) is 1. The molecule has 0 atom stereocenters. The second-order valence-corrected chi connectivity index (χ2v) is 1.31. The molecule has 1 nitrogen and oxygen atoms in total. The van der Waals surface area contributed by atoms with Gasteiger partial charge in [-0.3, -0.25) is 0 Å². The van der Waals surface area contributed by atoms with Crippen LogP contribution in [0.3, 0.4) is 0 Å². The minimum atomic E-state index is 0.0718. The summed E-state index contributed by atoms with van der Waals surface area (Å²) >= 11 is 3.00. The molecule has 0 amide bonds. The van der Waals surface area contributed by atoms with Crippen molar-refractivity contribution in [3.05, 3.63) is 30.3 Å². The second-order valence-electron chi connectivity index (χ2n) is 1.31. The average molecular weight is 163 g/mol. The van der Waals surface area contributed by atoms with Crippen molar-refractivity contribution in [2.75, 3.05) is 0 Å². The normalized spacial score (nSPS) is 7.11. The Kier molecular flexibility index (Phi) is 5.18. The van der Waals surface area contributed by atoms with Crippen LogP contribution in [0.15, 0.2) is 30.3 Å². The van der Waals surface area contributed by atoms with E-state index in [0.29, 0.717) is 0 Å². The van der Waals surface area contributed by atoms with E-state index in [1.165, 1.54) is 12.1 Å². The van der Waals surface area contributed by atoms with Crippen LogP contribution in [0.4, 0.5) is 0 Å². The first-order valence-corrected chi connectivity index (χ1v) is 3.15. The minimum Gasteiger partial charge on any atom is -0.872 e. The Balaban J connectivity index is 0.000000291. The van der Waals surface area contributed by atoms with Crippen LogP contribution < -0.4 is 5.11 Å². The topological polar surface area (TPSA) is 23.1 Å². The van der Waals surface area contributed by atoms with Gasteiger partial charge in [-0.25, -0.2) is 0 Å². The maximum Gasteiger partial charge on any atom is -0.0623 e. The van der Waals surface area contributed by atoms with Crippen molar-refractivity contribution in [1.82, 2.24) is 0 Å². The van der Waals surface area contributed by atoms with Crippen molar-refractivity contribution in [2.45, 2.75) is 0 Å². The third-order valence-electron chi connectivity index (χ3n) is 0.743. The summed E-state index contributed by atoms with van der Waals surface area (Å²) in [4.78, 5) is 0. The number of benzene rings is 1. The molecule has 0 radical (unpaired) electrons. The van der Waals surface area contributed by atoms with E-state index in [9.17, 15) is 5.11 Å². The van der Waals surface area contributed by atoms with Gasteiger partial charge in [-0.05, 0) is 0 Å². The summed E-state index contributed by atoms with van der Waals surface area (Å²) in [7, 11) is 0. The smallest absolute Gasteiger partial charge is 0.0623 e. The van der Waals surface area contributed by atoms with Gasteiger partial charge in [0, 0.05) is 0 Å². The predicted molar refractivity (Wildman–Crippen MR) is 33.0 cm³/mol. The van der Waals surface area contributed by atoms with Crippen molar-refractivity contribution >= 4 is 5.42 Å². The number of rotatable bonds is 0. The van der Waals surface area contributed by atoms with Crippen LogP contribution in [-0.4, -0.2) is 5.42 Å². The Morgan fingerprint density at radius 1 is 1.11 bits per heavy atom. The zero-order valence-corrected chi connectivity index (χ0v) is 5.96. The summed E-state index contributed by atoms with van der Waals surface area (Å²) in [5.41, 5.74) is 3.00. The zero-order chi connectivity index (χ0) is 7.11. The molecule has 0 heterocycles. The van der Waals surface area contributed by atoms with E-state index in [2.05, 4.69) is 21.0 Å². The molecule has 1 aromatic rings. The van der Waals surface area contributed by atoms with Crippen molar-refractivity contribution in [2.24, 2.45) is 0 Å². The van der Waals surface area contributed by atoms with Gasteiger partial charge in [-0.2, -0.15) is 0 Å². The Morgan fingerprint density at radius 3 is 1.78 bits per heavy atom. The predicted octanol–water partition coefficient (Wildman–Crippen LogP) is 0.725. The van der Waals surface area contributed by atoms with Gasteiger partial charge in [0.2, 0.25) is 0 Å². The summed E-state index contributed by atoms with van der Waals surface area (Å²) in [5.74, 6) is 0.0718. The molecule has 1 aromatic carbocycles. The number of para-hydroxylation sites is 1. The van der Waals surface area contributed by atoms with Gasteiger partial charge in [-0.1, -0.05) is 30.3 Å². The molecule has 49 valence electrons. The summed E-state index contributed by atoms with van der Waals surface area (Å²) in [6, 6.07) is 8.33. The van der Waals surface area contributed by atoms with Gasteiger partial charge >= 0.3 is 21.0 Å². The minimum absolute atomic E-state index is 0.0718. The molecule has 0 saturated heterocycles. The van der Waals surface area contributed by atoms with Crippen molar-refractivity contribution in [3.63, 3.8) is 0 Å². The largest absolute Gasteiger partial charge is 0.872 e. The van der Waals surface area contributed by atoms with Crippen LogP contribution in [0.2, 0.25) is 0 Å². The molecule has 0 bridgehead atoms. The molecule has 9 heavy (non-hydrogen) atoms. The van der Waals surface area contributed by atoms with E-state index in [1.807, 2.05) is 6.07 Å². The summed E-state index contributed by atoms with van der Waals surface area (Å²) in [5, 5.41) is 10.3. The molecule has 2 heteroatoms. The fourth-order valence-electron chi connectivity index (χ4n) is 0.420. The summed E-state index contributed by atoms with van der Waals surface area (Å²) < 4.78 is 0. The maximum atomic E-state index is 10.3. The SMILES string of the molecule is [CH2]=[Fe+].[O-]c1ccccc1. The molecule has 0 unspecified atom stereocenters. The molecular weight excluding hydrogens is 156 g/mol. The van der Waals surface area contributed by atoms with Crippen molar-refractivity contribution < 1.29 is 20.7 Å². The molecule has 0 aliphatic rings. The standard InChI is InChI=1S/C6H6O.CH2.Fe/c7-6-4-2-1-3-5-6;;/h1-5,7H;1H2;/q;;+1/p-1. The Labute approximate surface area is 62.7 Å². The third kappa shape index (κ3) is 3.95. The molecule has 0 fully saturated rings. The van der Waals surface area contributed by atoms with Gasteiger partial charge in [0.25, 0.3) is 0 Å². The monoisotopic (exact) mass is 163 g/mol. The average Bonchev–Trinajstić information content (AvgIpc) is 1.94. The van der Waals surface area contributed by atoms with Crippen LogP contribution in [0, 0.1) is 0 Å². The van der Waals surface area contributed by atoms with Crippen LogP contribution in [0.5, 0.6) is 5.75 Å². The Bertz CT molecular complexity index is 150. The number of hydrogen-bond donors (Lipinski definition) is 0. The van der Waals surface area contributed by atoms with Crippen LogP contribution >= 0.6 is 0 Å². The molecule has 0 aromatic heterocycles. The van der Waals surface area contributed by atoms with E-state index >= 15 is 0 Å². The summed E-state index contributed by atoms with van der Waals surface area (Å²) in [6.07, 6.45) is 0. The van der Waals surface area contributed by atoms with Gasteiger partial charge in [0.15, 0.2) is 0 Å². The molecule has 0 saturated carbocycles. The second kappa shape index (κ2) is 5.54. The first-order valence-electron chi connectivity index (χ1n) is 2.36. The molecule has 0 spiro atoms. The van der Waals surface area contributed by atoms with E-state index in [-0.39, 0.29) is 5.75 Å². The molecule has 0 aliphatic carbocycles. The van der Waals surface area contributed by atoms with Gasteiger partial charge in [0.05, 0.1) is 0 Å². The summed E-state index contributed by atoms with van der Waals surface area (Å²) in [6.45, 7) is 0. The van der Waals surface area contributed by atoms with E-state index in [1.54, 1.807) is 12.1 Å². The van der Waals surface area contributed by atoms with Crippen LogP contribution in [0.25, 0.3) is 0 Å².